The lowest BCUT2D eigenvalue weighted by Crippen LogP contribution is -2.47. The average molecular weight is 546 g/mol. The van der Waals surface area contributed by atoms with Crippen LogP contribution in [0.15, 0.2) is 11.2 Å². The van der Waals surface area contributed by atoms with Crippen molar-refractivity contribution < 1.29 is 14.2 Å². The van der Waals surface area contributed by atoms with Crippen LogP contribution >= 0.6 is 24.0 Å². The molecule has 0 amide bonds. The number of hydrogen-bond acceptors (Lipinski definition) is 5. The summed E-state index contributed by atoms with van der Waals surface area (Å²) in [6.07, 6.45) is 8.09. The van der Waals surface area contributed by atoms with Gasteiger partial charge in [0.05, 0.1) is 38.2 Å². The Hall–Kier alpha value is -1.13. The molecule has 8 heteroatoms. The number of aliphatic imine (C=N–C) groups is 1. The van der Waals surface area contributed by atoms with E-state index in [0.29, 0.717) is 12.6 Å². The van der Waals surface area contributed by atoms with Gasteiger partial charge in [0.25, 0.3) is 0 Å². The molecular weight excluding hydrogens is 507 g/mol. The Balaban J connectivity index is 0.00000341. The van der Waals surface area contributed by atoms with E-state index < -0.39 is 0 Å². The summed E-state index contributed by atoms with van der Waals surface area (Å²) in [4.78, 5) is 11.8. The summed E-state index contributed by atoms with van der Waals surface area (Å²) in [5.41, 5.74) is 3.07. The van der Waals surface area contributed by atoms with Gasteiger partial charge < -0.3 is 24.4 Å². The van der Waals surface area contributed by atoms with E-state index in [1.54, 1.807) is 7.11 Å². The molecule has 0 saturated carbocycles. The number of aromatic nitrogens is 1. The number of hydrogen-bond donors (Lipinski definition) is 1. The monoisotopic (exact) mass is 546 g/mol. The van der Waals surface area contributed by atoms with E-state index in [9.17, 15) is 0 Å². The highest BCUT2D eigenvalue weighted by Gasteiger charge is 2.24. The molecule has 2 aliphatic rings. The summed E-state index contributed by atoms with van der Waals surface area (Å²) in [5.74, 6) is 1.85. The second kappa shape index (κ2) is 13.4. The maximum atomic E-state index is 6.16. The van der Waals surface area contributed by atoms with Gasteiger partial charge in [0.15, 0.2) is 5.96 Å². The minimum Gasteiger partial charge on any atom is -0.496 e. The molecule has 1 atom stereocenters. The smallest absolute Gasteiger partial charge is 0.194 e. The fourth-order valence-electron chi connectivity index (χ4n) is 4.22. The average Bonchev–Trinajstić information content (AvgIpc) is 2.78. The standard InChI is InChI=1S/C23H38N4O3.HI/c1-5-24-23(26-15-21-18(3)22(28-4)17(2)14-25-21)27-11-9-19(10-12-27)30-16-20-8-6-7-13-29-20;/h14,19-20H,5-13,15-16H2,1-4H3,(H,24,26);1H. The van der Waals surface area contributed by atoms with Crippen LogP contribution in [0.5, 0.6) is 5.75 Å². The first-order valence-corrected chi connectivity index (χ1v) is 11.4. The largest absolute Gasteiger partial charge is 0.496 e. The first-order chi connectivity index (χ1) is 14.6. The molecule has 31 heavy (non-hydrogen) atoms. The fourth-order valence-corrected chi connectivity index (χ4v) is 4.22. The quantitative estimate of drug-likeness (QED) is 0.319. The van der Waals surface area contributed by atoms with Crippen LogP contribution in [0.3, 0.4) is 0 Å². The number of methoxy groups -OCH3 is 1. The molecule has 2 fully saturated rings. The summed E-state index contributed by atoms with van der Waals surface area (Å²) < 4.78 is 17.5. The Morgan fingerprint density at radius 2 is 2.03 bits per heavy atom. The number of halogens is 1. The number of pyridine rings is 1. The van der Waals surface area contributed by atoms with E-state index in [0.717, 1.165) is 80.6 Å². The molecule has 2 saturated heterocycles. The van der Waals surface area contributed by atoms with Crippen molar-refractivity contribution in [1.82, 2.24) is 15.2 Å². The maximum Gasteiger partial charge on any atom is 0.194 e. The Kier molecular flexibility index (Phi) is 11.3. The molecule has 1 unspecified atom stereocenters. The van der Waals surface area contributed by atoms with Crippen molar-refractivity contribution in [2.75, 3.05) is 40.0 Å². The van der Waals surface area contributed by atoms with Crippen LogP contribution < -0.4 is 10.1 Å². The predicted molar refractivity (Wildman–Crippen MR) is 135 cm³/mol. The van der Waals surface area contributed by atoms with Gasteiger partial charge in [0.2, 0.25) is 0 Å². The molecule has 1 aromatic rings. The Bertz CT molecular complexity index is 702. The van der Waals surface area contributed by atoms with Gasteiger partial charge in [-0.2, -0.15) is 0 Å². The van der Waals surface area contributed by atoms with Gasteiger partial charge in [-0.1, -0.05) is 0 Å². The molecule has 3 rings (SSSR count). The van der Waals surface area contributed by atoms with Crippen molar-refractivity contribution >= 4 is 29.9 Å². The Morgan fingerprint density at radius 1 is 1.26 bits per heavy atom. The number of piperidine rings is 1. The first kappa shape index (κ1) is 26.1. The zero-order valence-corrected chi connectivity index (χ0v) is 21.8. The second-order valence-electron chi connectivity index (χ2n) is 8.22. The zero-order valence-electron chi connectivity index (χ0n) is 19.5. The van der Waals surface area contributed by atoms with Gasteiger partial charge in [0.1, 0.15) is 5.75 Å². The molecule has 176 valence electrons. The highest BCUT2D eigenvalue weighted by Crippen LogP contribution is 2.24. The normalized spacial score (nSPS) is 20.3. The van der Waals surface area contributed by atoms with Crippen LogP contribution in [0.1, 0.15) is 55.8 Å². The molecule has 2 aliphatic heterocycles. The van der Waals surface area contributed by atoms with E-state index in [-0.39, 0.29) is 30.1 Å². The van der Waals surface area contributed by atoms with Gasteiger partial charge in [-0.3, -0.25) is 4.98 Å². The lowest BCUT2D eigenvalue weighted by atomic mass is 10.1. The van der Waals surface area contributed by atoms with Crippen molar-refractivity contribution in [3.8, 4) is 5.75 Å². The molecular formula is C23H39IN4O3. The van der Waals surface area contributed by atoms with Crippen molar-refractivity contribution in [2.24, 2.45) is 4.99 Å². The minimum atomic E-state index is 0. The predicted octanol–water partition coefficient (Wildman–Crippen LogP) is 3.84. The van der Waals surface area contributed by atoms with Gasteiger partial charge in [-0.15, -0.1) is 24.0 Å². The summed E-state index contributed by atoms with van der Waals surface area (Å²) >= 11 is 0. The van der Waals surface area contributed by atoms with E-state index in [1.165, 1.54) is 12.8 Å². The number of guanidine groups is 1. The SMILES string of the molecule is CCNC(=NCc1ncc(C)c(OC)c1C)N1CCC(OCC2CCCCO2)CC1.I. The van der Waals surface area contributed by atoms with Crippen molar-refractivity contribution in [1.29, 1.82) is 0 Å². The summed E-state index contributed by atoms with van der Waals surface area (Å²) in [6, 6.07) is 0. The minimum absolute atomic E-state index is 0. The van der Waals surface area contributed by atoms with Gasteiger partial charge >= 0.3 is 0 Å². The van der Waals surface area contributed by atoms with Gasteiger partial charge in [-0.25, -0.2) is 4.99 Å². The third kappa shape index (κ3) is 7.46. The highest BCUT2D eigenvalue weighted by molar-refractivity contribution is 14.0. The van der Waals surface area contributed by atoms with Crippen molar-refractivity contribution in [3.05, 3.63) is 23.0 Å². The van der Waals surface area contributed by atoms with Gasteiger partial charge in [0, 0.05) is 43.6 Å². The number of likely N-dealkylation sites (tertiary alicyclic amines) is 1. The topological polar surface area (TPSA) is 68.2 Å². The number of rotatable bonds is 7. The lowest BCUT2D eigenvalue weighted by Gasteiger charge is -2.35. The van der Waals surface area contributed by atoms with Crippen LogP contribution in [0.25, 0.3) is 0 Å². The zero-order chi connectivity index (χ0) is 21.3. The molecule has 3 heterocycles. The molecule has 1 aromatic heterocycles. The lowest BCUT2D eigenvalue weighted by molar-refractivity contribution is -0.0721. The second-order valence-corrected chi connectivity index (χ2v) is 8.22. The summed E-state index contributed by atoms with van der Waals surface area (Å²) in [7, 11) is 1.71. The number of nitrogens with zero attached hydrogens (tertiary/aromatic N) is 3. The third-order valence-corrected chi connectivity index (χ3v) is 6.00. The van der Waals surface area contributed by atoms with Crippen molar-refractivity contribution in [2.45, 2.75) is 71.6 Å². The first-order valence-electron chi connectivity index (χ1n) is 11.4. The van der Waals surface area contributed by atoms with Crippen LogP contribution in [0.4, 0.5) is 0 Å². The van der Waals surface area contributed by atoms with E-state index in [4.69, 9.17) is 19.2 Å². The molecule has 7 nitrogen and oxygen atoms in total. The molecule has 0 bridgehead atoms. The highest BCUT2D eigenvalue weighted by atomic mass is 127. The van der Waals surface area contributed by atoms with E-state index in [2.05, 4.69) is 29.0 Å². The Labute approximate surface area is 204 Å². The summed E-state index contributed by atoms with van der Waals surface area (Å²) in [5, 5.41) is 3.44. The van der Waals surface area contributed by atoms with Crippen LogP contribution in [-0.4, -0.2) is 68.0 Å². The number of nitrogens with one attached hydrogen (secondary N) is 1. The number of aryl methyl sites for hydroxylation is 1. The third-order valence-electron chi connectivity index (χ3n) is 6.00. The molecule has 0 radical (unpaired) electrons. The Morgan fingerprint density at radius 3 is 2.68 bits per heavy atom. The van der Waals surface area contributed by atoms with E-state index >= 15 is 0 Å². The van der Waals surface area contributed by atoms with Crippen LogP contribution in [-0.2, 0) is 16.0 Å². The summed E-state index contributed by atoms with van der Waals surface area (Å²) in [6.45, 7) is 11.1. The van der Waals surface area contributed by atoms with Crippen molar-refractivity contribution in [3.63, 3.8) is 0 Å². The molecule has 0 spiro atoms. The molecule has 0 aliphatic carbocycles. The molecule has 1 N–H and O–H groups in total. The maximum absolute atomic E-state index is 6.16. The van der Waals surface area contributed by atoms with Gasteiger partial charge in [-0.05, 0) is 52.9 Å². The fraction of sp³-hybridized carbons (Fsp3) is 0.739. The number of ether oxygens (including phenoxy) is 3. The van der Waals surface area contributed by atoms with Crippen LogP contribution in [0, 0.1) is 13.8 Å². The van der Waals surface area contributed by atoms with E-state index in [1.807, 2.05) is 13.1 Å². The van der Waals surface area contributed by atoms with Crippen LogP contribution in [0.2, 0.25) is 0 Å². The molecule has 0 aromatic carbocycles.